The molecule has 12 N–H and O–H groups in total. The van der Waals surface area contributed by atoms with Crippen molar-refractivity contribution in [2.75, 3.05) is 25.0 Å². The van der Waals surface area contributed by atoms with E-state index in [2.05, 4.69) is 26.3 Å². The van der Waals surface area contributed by atoms with Crippen LogP contribution in [-0.2, 0) is 30.5 Å². The lowest BCUT2D eigenvalue weighted by Crippen LogP contribution is -2.58. The van der Waals surface area contributed by atoms with Gasteiger partial charge in [-0.05, 0) is 87.6 Å². The summed E-state index contributed by atoms with van der Waals surface area (Å²) in [6.07, 6.45) is 0.608. The molecule has 3 heterocycles. The fourth-order valence-electron chi connectivity index (χ4n) is 7.45. The van der Waals surface area contributed by atoms with E-state index in [9.17, 15) is 44.0 Å². The van der Waals surface area contributed by atoms with E-state index in [-0.39, 0.29) is 69.6 Å². The standard InChI is InChI=1S/C41H57N13O9/c1-22(2)32(42)37(58)45-17-7-6-12-30(50-38(59)33(43)23(3)55)40(61)52-19-9-14-31(52)36(57)49-29(13-8-18-46-41(44)51-54(62)63)35(56)47-25-15-16-28-24(20-25)21-53-34(48-28)26-10-4-5-11-27(26)39(53)60/h4-5,10-11,15-16,20,22-23,29-33,55H,6-9,12-14,17-19,21,42-43H2,1-3H3,(H,45,58)(H,47,56)(H,49,57)(H,50,59)(H3,44,46,51)/t23-,29+,30+,31+,32+,33+/m1/s1. The van der Waals surface area contributed by atoms with Crippen LogP contribution in [0.5, 0.6) is 0 Å². The van der Waals surface area contributed by atoms with Gasteiger partial charge < -0.3 is 48.5 Å². The fraction of sp³-hybridized carbons (Fsp3) is 0.512. The Morgan fingerprint density at radius 3 is 2.37 bits per heavy atom. The number of amides is 6. The minimum absolute atomic E-state index is 0.0150. The number of benzene rings is 2. The van der Waals surface area contributed by atoms with E-state index in [1.165, 1.54) is 11.8 Å². The number of likely N-dealkylation sites (tertiary alicyclic amines) is 1. The van der Waals surface area contributed by atoms with E-state index in [1.807, 2.05) is 26.0 Å². The van der Waals surface area contributed by atoms with E-state index in [0.29, 0.717) is 47.6 Å². The molecule has 6 amide bonds. The Kier molecular flexibility index (Phi) is 16.2. The van der Waals surface area contributed by atoms with Crippen molar-refractivity contribution in [3.8, 4) is 0 Å². The third kappa shape index (κ3) is 12.1. The second kappa shape index (κ2) is 21.5. The van der Waals surface area contributed by atoms with Crippen LogP contribution in [0.1, 0.15) is 87.2 Å². The van der Waals surface area contributed by atoms with Gasteiger partial charge in [0.05, 0.1) is 29.9 Å². The van der Waals surface area contributed by atoms with Crippen LogP contribution in [-0.4, -0.2) is 123 Å². The number of rotatable bonds is 20. The Balaban J connectivity index is 1.29. The Bertz CT molecular complexity index is 2130. The van der Waals surface area contributed by atoms with E-state index in [1.54, 1.807) is 40.7 Å². The maximum Gasteiger partial charge on any atom is 0.260 e. The quantitative estimate of drug-likeness (QED) is 0.0266. The fourth-order valence-corrected chi connectivity index (χ4v) is 7.45. The average molecular weight is 876 g/mol. The number of aliphatic imine (C=N–C) groups is 2. The van der Waals surface area contributed by atoms with Crippen LogP contribution in [0, 0.1) is 16.0 Å². The molecule has 3 aliphatic heterocycles. The lowest BCUT2D eigenvalue weighted by Gasteiger charge is -2.30. The SMILES string of the molecule is CC(C)[C@H](N)C(=O)NCCCC[C@H](NC(=O)[C@@H](N)[C@@H](C)O)C(=O)N1CCC[C@H]1C(=O)N[C@@H](CCCN=C(N)N[N+](=O)[O-])C(=O)Nc1ccc2c(c1)CN1C(=O)c3ccccc3C1=N2. The number of hydrazine groups is 1. The summed E-state index contributed by atoms with van der Waals surface area (Å²) in [6.45, 7) is 5.63. The Morgan fingerprint density at radius 1 is 0.952 bits per heavy atom. The molecule has 22 nitrogen and oxygen atoms in total. The molecule has 22 heteroatoms. The number of hydrogen-bond donors (Lipinski definition) is 9. The maximum atomic E-state index is 14.2. The monoisotopic (exact) mass is 875 g/mol. The number of aliphatic hydroxyl groups is 1. The van der Waals surface area contributed by atoms with Gasteiger partial charge in [-0.3, -0.25) is 33.7 Å². The summed E-state index contributed by atoms with van der Waals surface area (Å²) < 4.78 is 0. The molecule has 3 aliphatic rings. The second-order valence-corrected chi connectivity index (χ2v) is 16.1. The van der Waals surface area contributed by atoms with Crippen molar-refractivity contribution in [3.05, 3.63) is 69.3 Å². The first-order valence-electron chi connectivity index (χ1n) is 21.0. The highest BCUT2D eigenvalue weighted by atomic mass is 16.7. The molecule has 2 aromatic rings. The molecule has 0 bridgehead atoms. The molecule has 0 unspecified atom stereocenters. The minimum Gasteiger partial charge on any atom is -0.391 e. The summed E-state index contributed by atoms with van der Waals surface area (Å²) in [6, 6.07) is 6.92. The first kappa shape index (κ1) is 47.5. The van der Waals surface area contributed by atoms with E-state index < -0.39 is 70.9 Å². The third-order valence-corrected chi connectivity index (χ3v) is 11.1. The zero-order chi connectivity index (χ0) is 46.0. The van der Waals surface area contributed by atoms with Gasteiger partial charge in [-0.1, -0.05) is 37.5 Å². The molecular weight excluding hydrogens is 819 g/mol. The predicted molar refractivity (Wildman–Crippen MR) is 231 cm³/mol. The van der Waals surface area contributed by atoms with Crippen LogP contribution < -0.4 is 43.9 Å². The van der Waals surface area contributed by atoms with Gasteiger partial charge in [0.2, 0.25) is 29.5 Å². The lowest BCUT2D eigenvalue weighted by atomic mass is 10.0. The van der Waals surface area contributed by atoms with Crippen LogP contribution in [0.3, 0.4) is 0 Å². The van der Waals surface area contributed by atoms with Gasteiger partial charge >= 0.3 is 0 Å². The number of amidine groups is 1. The van der Waals surface area contributed by atoms with Gasteiger partial charge in [0.25, 0.3) is 11.9 Å². The molecule has 1 fully saturated rings. The van der Waals surface area contributed by atoms with Gasteiger partial charge in [-0.25, -0.2) is 20.1 Å². The number of nitrogens with two attached hydrogens (primary N) is 3. The molecule has 1 saturated heterocycles. The molecule has 0 saturated carbocycles. The molecule has 63 heavy (non-hydrogen) atoms. The number of carbonyl (C=O) groups excluding carboxylic acids is 6. The summed E-state index contributed by atoms with van der Waals surface area (Å²) in [5.41, 5.74) is 22.1. The van der Waals surface area contributed by atoms with Gasteiger partial charge in [0.15, 0.2) is 5.03 Å². The van der Waals surface area contributed by atoms with Crippen molar-refractivity contribution in [2.45, 2.75) is 109 Å². The van der Waals surface area contributed by atoms with Crippen LogP contribution >= 0.6 is 0 Å². The summed E-state index contributed by atoms with van der Waals surface area (Å²) >= 11 is 0. The summed E-state index contributed by atoms with van der Waals surface area (Å²) in [4.78, 5) is 103. The van der Waals surface area contributed by atoms with E-state index in [4.69, 9.17) is 22.2 Å². The lowest BCUT2D eigenvalue weighted by molar-refractivity contribution is -0.525. The van der Waals surface area contributed by atoms with Crippen LogP contribution in [0.15, 0.2) is 52.4 Å². The first-order chi connectivity index (χ1) is 30.0. The zero-order valence-electron chi connectivity index (χ0n) is 35.5. The highest BCUT2D eigenvalue weighted by Crippen LogP contribution is 2.35. The number of fused-ring (bicyclic) bond motifs is 4. The first-order valence-corrected chi connectivity index (χ1v) is 21.0. The molecular formula is C41H57N13O9. The van der Waals surface area contributed by atoms with Crippen molar-refractivity contribution in [1.82, 2.24) is 31.2 Å². The Morgan fingerprint density at radius 2 is 1.67 bits per heavy atom. The average Bonchev–Trinajstić information content (AvgIpc) is 3.85. The number of guanidine groups is 1. The maximum absolute atomic E-state index is 14.2. The number of carbonyl (C=O) groups is 6. The molecule has 0 radical (unpaired) electrons. The van der Waals surface area contributed by atoms with E-state index in [0.717, 1.165) is 5.56 Å². The largest absolute Gasteiger partial charge is 0.391 e. The Hall–Kier alpha value is -6.52. The number of hydrogen-bond acceptors (Lipinski definition) is 13. The van der Waals surface area contributed by atoms with Crippen molar-refractivity contribution >= 4 is 58.6 Å². The predicted octanol–water partition coefficient (Wildman–Crippen LogP) is -0.512. The van der Waals surface area contributed by atoms with Crippen LogP contribution in [0.25, 0.3) is 0 Å². The number of anilines is 1. The second-order valence-electron chi connectivity index (χ2n) is 16.1. The molecule has 340 valence electrons. The van der Waals surface area contributed by atoms with E-state index >= 15 is 0 Å². The van der Waals surface area contributed by atoms with Crippen molar-refractivity contribution in [3.63, 3.8) is 0 Å². The molecule has 0 aromatic heterocycles. The smallest absolute Gasteiger partial charge is 0.260 e. The van der Waals surface area contributed by atoms with Crippen molar-refractivity contribution in [1.29, 1.82) is 0 Å². The van der Waals surface area contributed by atoms with Gasteiger partial charge in [0, 0.05) is 30.9 Å². The van der Waals surface area contributed by atoms with Crippen LogP contribution in [0.2, 0.25) is 0 Å². The highest BCUT2D eigenvalue weighted by Gasteiger charge is 2.40. The van der Waals surface area contributed by atoms with Crippen molar-refractivity contribution in [2.24, 2.45) is 33.1 Å². The topological polar surface area (TPSA) is 335 Å². The molecule has 5 rings (SSSR count). The van der Waals surface area contributed by atoms with Gasteiger partial charge in [-0.15, -0.1) is 0 Å². The molecule has 0 aliphatic carbocycles. The number of nitrogens with zero attached hydrogens (tertiary/aromatic N) is 5. The molecule has 2 aromatic carbocycles. The van der Waals surface area contributed by atoms with Gasteiger partial charge in [0.1, 0.15) is 30.0 Å². The highest BCUT2D eigenvalue weighted by molar-refractivity contribution is 6.24. The number of aliphatic hydroxyl groups excluding tert-OH is 1. The summed E-state index contributed by atoms with van der Waals surface area (Å²) in [7, 11) is 0. The molecule has 6 atom stereocenters. The minimum atomic E-state index is -1.33. The van der Waals surface area contributed by atoms with Crippen LogP contribution in [0.4, 0.5) is 11.4 Å². The summed E-state index contributed by atoms with van der Waals surface area (Å²) in [5.74, 6) is -3.02. The third-order valence-electron chi connectivity index (χ3n) is 11.1. The molecule has 0 spiro atoms. The normalized spacial score (nSPS) is 17.9. The number of nitro groups is 1. The van der Waals surface area contributed by atoms with Gasteiger partial charge in [-0.2, -0.15) is 0 Å². The Labute approximate surface area is 364 Å². The van der Waals surface area contributed by atoms with Crippen molar-refractivity contribution < 1.29 is 38.9 Å². The zero-order valence-corrected chi connectivity index (χ0v) is 35.5. The summed E-state index contributed by atoms with van der Waals surface area (Å²) in [5, 5.41) is 30.9. The number of nitrogens with one attached hydrogen (secondary N) is 5. The number of unbranched alkanes of at least 4 members (excludes halogenated alkanes) is 1.